The van der Waals surface area contributed by atoms with Gasteiger partial charge in [-0.25, -0.2) is 8.42 Å². The molecule has 9 heteroatoms. The highest BCUT2D eigenvalue weighted by atomic mass is 79.9. The van der Waals surface area contributed by atoms with Crippen molar-refractivity contribution in [2.45, 2.75) is 19.8 Å². The van der Waals surface area contributed by atoms with E-state index < -0.39 is 15.9 Å². The Labute approximate surface area is 178 Å². The fourth-order valence-corrected chi connectivity index (χ4v) is 4.82. The van der Waals surface area contributed by atoms with Crippen LogP contribution in [-0.4, -0.2) is 32.5 Å². The highest BCUT2D eigenvalue weighted by molar-refractivity contribution is 9.10. The third-order valence-corrected chi connectivity index (χ3v) is 6.73. The van der Waals surface area contributed by atoms with Gasteiger partial charge in [-0.2, -0.15) is 0 Å². The van der Waals surface area contributed by atoms with E-state index in [9.17, 15) is 18.0 Å². The van der Waals surface area contributed by atoms with Crippen molar-refractivity contribution in [3.8, 4) is 0 Å². The zero-order valence-electron chi connectivity index (χ0n) is 15.9. The van der Waals surface area contributed by atoms with Crippen LogP contribution < -0.4 is 14.9 Å². The van der Waals surface area contributed by atoms with Crippen LogP contribution in [0.15, 0.2) is 53.0 Å². The number of hydrogen-bond donors (Lipinski definition) is 2. The third-order valence-electron chi connectivity index (χ3n) is 4.56. The van der Waals surface area contributed by atoms with Gasteiger partial charge in [-0.15, -0.1) is 0 Å². The SMILES string of the molecule is CCCS(=O)(=O)Nc1ccc(NC(=O)C2CCN(c3ccccc3Br)C2=O)cc1. The molecular formula is C20H22BrN3O4S. The second-order valence-corrected chi connectivity index (χ2v) is 9.47. The molecule has 1 aliphatic rings. The summed E-state index contributed by atoms with van der Waals surface area (Å²) in [6, 6.07) is 13.8. The Morgan fingerprint density at radius 2 is 1.79 bits per heavy atom. The van der Waals surface area contributed by atoms with Crippen LogP contribution in [-0.2, 0) is 19.6 Å². The van der Waals surface area contributed by atoms with Gasteiger partial charge < -0.3 is 10.2 Å². The lowest BCUT2D eigenvalue weighted by atomic mass is 10.1. The van der Waals surface area contributed by atoms with Gasteiger partial charge in [0.2, 0.25) is 21.8 Å². The van der Waals surface area contributed by atoms with Crippen molar-refractivity contribution in [2.24, 2.45) is 5.92 Å². The fourth-order valence-electron chi connectivity index (χ4n) is 3.18. The second-order valence-electron chi connectivity index (χ2n) is 6.77. The summed E-state index contributed by atoms with van der Waals surface area (Å²) in [6.07, 6.45) is 0.955. The summed E-state index contributed by atoms with van der Waals surface area (Å²) in [5.74, 6) is -1.32. The molecule has 1 unspecified atom stereocenters. The first-order valence-corrected chi connectivity index (χ1v) is 11.7. The van der Waals surface area contributed by atoms with Crippen molar-refractivity contribution < 1.29 is 18.0 Å². The molecule has 29 heavy (non-hydrogen) atoms. The van der Waals surface area contributed by atoms with E-state index in [-0.39, 0.29) is 17.6 Å². The lowest BCUT2D eigenvalue weighted by Gasteiger charge is -2.18. The van der Waals surface area contributed by atoms with E-state index >= 15 is 0 Å². The van der Waals surface area contributed by atoms with Gasteiger partial charge in [-0.1, -0.05) is 19.1 Å². The van der Waals surface area contributed by atoms with Gasteiger partial charge in [-0.3, -0.25) is 14.3 Å². The largest absolute Gasteiger partial charge is 0.325 e. The predicted molar refractivity (Wildman–Crippen MR) is 117 cm³/mol. The Balaban J connectivity index is 1.63. The monoisotopic (exact) mass is 479 g/mol. The quantitative estimate of drug-likeness (QED) is 0.593. The van der Waals surface area contributed by atoms with E-state index in [0.717, 1.165) is 10.2 Å². The molecule has 154 valence electrons. The standard InChI is InChI=1S/C20H22BrN3O4S/c1-2-13-29(27,28)23-15-9-7-14(8-10-15)22-19(25)16-11-12-24(20(16)26)18-6-4-3-5-17(18)21/h3-10,16,23H,2,11-13H2,1H3,(H,22,25). The van der Waals surface area contributed by atoms with Crippen LogP contribution in [0.2, 0.25) is 0 Å². The Kier molecular flexibility index (Phi) is 6.59. The van der Waals surface area contributed by atoms with Gasteiger partial charge in [0.15, 0.2) is 0 Å². The minimum Gasteiger partial charge on any atom is -0.325 e. The maximum absolute atomic E-state index is 12.7. The zero-order chi connectivity index (χ0) is 21.0. The number of amides is 2. The maximum atomic E-state index is 12.7. The van der Waals surface area contributed by atoms with E-state index in [1.54, 1.807) is 36.1 Å². The number of halogens is 1. The average Bonchev–Trinajstić information content (AvgIpc) is 3.05. The average molecular weight is 480 g/mol. The number of para-hydroxylation sites is 1. The van der Waals surface area contributed by atoms with E-state index in [1.807, 2.05) is 24.3 Å². The van der Waals surface area contributed by atoms with E-state index in [0.29, 0.717) is 30.8 Å². The van der Waals surface area contributed by atoms with Gasteiger partial charge in [0.05, 0.1) is 11.4 Å². The molecule has 2 N–H and O–H groups in total. The van der Waals surface area contributed by atoms with Crippen molar-refractivity contribution in [2.75, 3.05) is 27.2 Å². The summed E-state index contributed by atoms with van der Waals surface area (Å²) in [5.41, 5.74) is 1.67. The van der Waals surface area contributed by atoms with Crippen LogP contribution in [0.1, 0.15) is 19.8 Å². The van der Waals surface area contributed by atoms with Crippen LogP contribution in [0.5, 0.6) is 0 Å². The third kappa shape index (κ3) is 5.16. The molecule has 2 amide bonds. The topological polar surface area (TPSA) is 95.6 Å². The molecule has 0 radical (unpaired) electrons. The van der Waals surface area contributed by atoms with Crippen LogP contribution in [0.4, 0.5) is 17.1 Å². The Hall–Kier alpha value is -2.39. The smallest absolute Gasteiger partial charge is 0.239 e. The van der Waals surface area contributed by atoms with Gasteiger partial charge in [-0.05, 0) is 65.2 Å². The molecule has 0 aliphatic carbocycles. The molecule has 0 aromatic heterocycles. The van der Waals surface area contributed by atoms with Gasteiger partial charge >= 0.3 is 0 Å². The zero-order valence-corrected chi connectivity index (χ0v) is 18.3. The fraction of sp³-hybridized carbons (Fsp3) is 0.300. The minimum atomic E-state index is -3.37. The van der Waals surface area contributed by atoms with Crippen molar-refractivity contribution in [3.05, 3.63) is 53.0 Å². The number of carbonyl (C=O) groups excluding carboxylic acids is 2. The van der Waals surface area contributed by atoms with Crippen molar-refractivity contribution in [3.63, 3.8) is 0 Å². The molecule has 0 spiro atoms. The highest BCUT2D eigenvalue weighted by Gasteiger charge is 2.38. The lowest BCUT2D eigenvalue weighted by molar-refractivity contribution is -0.129. The summed E-state index contributed by atoms with van der Waals surface area (Å²) in [7, 11) is -3.37. The number of sulfonamides is 1. The Bertz CT molecular complexity index is 1010. The molecule has 0 saturated carbocycles. The first-order valence-electron chi connectivity index (χ1n) is 9.28. The number of anilines is 3. The first-order chi connectivity index (χ1) is 13.8. The first kappa shape index (κ1) is 21.3. The lowest BCUT2D eigenvalue weighted by Crippen LogP contribution is -2.33. The summed E-state index contributed by atoms with van der Waals surface area (Å²) >= 11 is 3.44. The Morgan fingerprint density at radius 3 is 2.45 bits per heavy atom. The number of carbonyl (C=O) groups is 2. The number of benzene rings is 2. The molecule has 3 rings (SSSR count). The molecule has 7 nitrogen and oxygen atoms in total. The molecule has 2 aromatic carbocycles. The number of nitrogens with one attached hydrogen (secondary N) is 2. The summed E-state index contributed by atoms with van der Waals surface area (Å²) in [6.45, 7) is 2.26. The molecule has 1 fully saturated rings. The number of rotatable bonds is 7. The second kappa shape index (κ2) is 8.96. The molecular weight excluding hydrogens is 458 g/mol. The van der Waals surface area contributed by atoms with Crippen LogP contribution in [0, 0.1) is 5.92 Å². The number of nitrogens with zero attached hydrogens (tertiary/aromatic N) is 1. The van der Waals surface area contributed by atoms with Crippen LogP contribution >= 0.6 is 15.9 Å². The van der Waals surface area contributed by atoms with E-state index in [2.05, 4.69) is 26.0 Å². The molecule has 0 bridgehead atoms. The number of hydrogen-bond acceptors (Lipinski definition) is 4. The van der Waals surface area contributed by atoms with E-state index in [4.69, 9.17) is 0 Å². The normalized spacial score (nSPS) is 16.7. The van der Waals surface area contributed by atoms with Gasteiger partial charge in [0.1, 0.15) is 5.92 Å². The van der Waals surface area contributed by atoms with Crippen molar-refractivity contribution in [1.29, 1.82) is 0 Å². The minimum absolute atomic E-state index is 0.0449. The molecule has 2 aromatic rings. The van der Waals surface area contributed by atoms with Crippen LogP contribution in [0.25, 0.3) is 0 Å². The summed E-state index contributed by atoms with van der Waals surface area (Å²) in [4.78, 5) is 26.9. The van der Waals surface area contributed by atoms with Crippen molar-refractivity contribution >= 4 is 54.8 Å². The predicted octanol–water partition coefficient (Wildman–Crippen LogP) is 3.59. The Morgan fingerprint density at radius 1 is 1.14 bits per heavy atom. The van der Waals surface area contributed by atoms with Crippen molar-refractivity contribution in [1.82, 2.24) is 0 Å². The summed E-state index contributed by atoms with van der Waals surface area (Å²) < 4.78 is 26.9. The maximum Gasteiger partial charge on any atom is 0.239 e. The van der Waals surface area contributed by atoms with Crippen LogP contribution in [0.3, 0.4) is 0 Å². The molecule has 1 atom stereocenters. The van der Waals surface area contributed by atoms with Gasteiger partial charge in [0.25, 0.3) is 0 Å². The summed E-state index contributed by atoms with van der Waals surface area (Å²) in [5, 5.41) is 2.74. The highest BCUT2D eigenvalue weighted by Crippen LogP contribution is 2.31. The molecule has 1 heterocycles. The van der Waals surface area contributed by atoms with E-state index in [1.165, 1.54) is 0 Å². The molecule has 1 aliphatic heterocycles. The molecule has 1 saturated heterocycles. The van der Waals surface area contributed by atoms with Gasteiger partial charge in [0, 0.05) is 22.4 Å².